The molecule has 7 aliphatic rings. The molecule has 8 heteroatoms. The number of hydrogen-bond donors (Lipinski definition) is 2. The number of benzene rings is 1. The summed E-state index contributed by atoms with van der Waals surface area (Å²) >= 11 is 1.50. The molecule has 6 nitrogen and oxygen atoms in total. The fraction of sp³-hybridized carbons (Fsp3) is 0.675. The Hall–Kier alpha value is -1.84. The average Bonchev–Trinajstić information content (AvgIpc) is 3.54. The van der Waals surface area contributed by atoms with Crippen LogP contribution in [0.1, 0.15) is 128 Å². The van der Waals surface area contributed by atoms with E-state index in [9.17, 15) is 23.4 Å². The largest absolute Gasteiger partial charge is 0.393 e. The van der Waals surface area contributed by atoms with Gasteiger partial charge in [-0.05, 0) is 156 Å². The Labute approximate surface area is 292 Å². The summed E-state index contributed by atoms with van der Waals surface area (Å²) in [5, 5.41) is 23.9. The van der Waals surface area contributed by atoms with E-state index in [1.165, 1.54) is 42.4 Å². The van der Waals surface area contributed by atoms with Crippen molar-refractivity contribution in [3.05, 3.63) is 68.4 Å². The predicted molar refractivity (Wildman–Crippen MR) is 193 cm³/mol. The molecule has 6 bridgehead atoms. The number of carbonyl (C=O) groups excluding carboxylic acids is 1. The SMILES string of the molecule is CC1=CCCC2(C)C(CCC2(O)CN(CC23CC4CC(CC(C4)C2)C3)S(C)(=O)=O)c2ccc(cc2C(=O)c2ccc(C)s2)CC(O)CC1. The van der Waals surface area contributed by atoms with Crippen LogP contribution in [0.5, 0.6) is 0 Å². The molecule has 262 valence electrons. The van der Waals surface area contributed by atoms with Crippen LogP contribution < -0.4 is 0 Å². The second-order valence-electron chi connectivity index (χ2n) is 17.1. The van der Waals surface area contributed by atoms with E-state index in [0.29, 0.717) is 49.1 Å². The Kier molecular flexibility index (Phi) is 9.18. The van der Waals surface area contributed by atoms with Gasteiger partial charge in [-0.25, -0.2) is 8.42 Å². The van der Waals surface area contributed by atoms with Crippen molar-refractivity contribution in [3.8, 4) is 0 Å². The van der Waals surface area contributed by atoms with Gasteiger partial charge in [0.2, 0.25) is 15.8 Å². The molecule has 0 aliphatic heterocycles. The van der Waals surface area contributed by atoms with Crippen LogP contribution in [0.4, 0.5) is 0 Å². The minimum Gasteiger partial charge on any atom is -0.393 e. The Morgan fingerprint density at radius 2 is 1.67 bits per heavy atom. The molecular weight excluding hydrogens is 639 g/mol. The first-order valence-corrected chi connectivity index (χ1v) is 21.1. The summed E-state index contributed by atoms with van der Waals surface area (Å²) in [6.45, 7) is 6.89. The van der Waals surface area contributed by atoms with Gasteiger partial charge in [0.1, 0.15) is 0 Å². The van der Waals surface area contributed by atoms with Crippen LogP contribution in [0, 0.1) is 35.5 Å². The van der Waals surface area contributed by atoms with Crippen molar-refractivity contribution in [1.29, 1.82) is 0 Å². The van der Waals surface area contributed by atoms with Gasteiger partial charge >= 0.3 is 0 Å². The van der Waals surface area contributed by atoms with E-state index >= 15 is 0 Å². The maximum absolute atomic E-state index is 14.2. The Bertz CT molecular complexity index is 1660. The number of ketones is 1. The minimum atomic E-state index is -3.58. The second kappa shape index (κ2) is 12.7. The first kappa shape index (κ1) is 34.6. The second-order valence-corrected chi connectivity index (χ2v) is 20.4. The maximum atomic E-state index is 14.2. The molecule has 4 atom stereocenters. The van der Waals surface area contributed by atoms with Gasteiger partial charge in [-0.3, -0.25) is 4.79 Å². The molecular formula is C40H55NO5S2. The summed E-state index contributed by atoms with van der Waals surface area (Å²) in [5.74, 6) is 2.02. The number of allylic oxidation sites excluding steroid dienone is 2. The summed E-state index contributed by atoms with van der Waals surface area (Å²) in [4.78, 5) is 16.0. The van der Waals surface area contributed by atoms with Crippen molar-refractivity contribution in [3.63, 3.8) is 0 Å². The molecule has 5 saturated carbocycles. The zero-order valence-corrected chi connectivity index (χ0v) is 31.0. The highest BCUT2D eigenvalue weighted by molar-refractivity contribution is 7.88. The van der Waals surface area contributed by atoms with Gasteiger partial charge in [0, 0.05) is 28.9 Å². The van der Waals surface area contributed by atoms with Gasteiger partial charge in [0.25, 0.3) is 0 Å². The summed E-state index contributed by atoms with van der Waals surface area (Å²) in [6.07, 6.45) is 14.8. The van der Waals surface area contributed by atoms with Crippen LogP contribution in [0.15, 0.2) is 42.0 Å². The van der Waals surface area contributed by atoms with Crippen molar-refractivity contribution in [2.45, 2.75) is 122 Å². The number of aryl methyl sites for hydroxylation is 1. The number of hydrogen-bond acceptors (Lipinski definition) is 6. The van der Waals surface area contributed by atoms with Crippen LogP contribution in [-0.4, -0.2) is 59.8 Å². The smallest absolute Gasteiger partial charge is 0.211 e. The van der Waals surface area contributed by atoms with Gasteiger partial charge in [-0.1, -0.05) is 30.7 Å². The molecule has 0 spiro atoms. The Balaban J connectivity index is 1.27. The van der Waals surface area contributed by atoms with Gasteiger partial charge in [-0.2, -0.15) is 4.31 Å². The monoisotopic (exact) mass is 693 g/mol. The molecule has 0 saturated heterocycles. The lowest BCUT2D eigenvalue weighted by atomic mass is 9.49. The normalized spacial score (nSPS) is 36.6. The minimum absolute atomic E-state index is 0.0142. The Morgan fingerprint density at radius 3 is 2.29 bits per heavy atom. The summed E-state index contributed by atoms with van der Waals surface area (Å²) < 4.78 is 28.9. The van der Waals surface area contributed by atoms with Crippen LogP contribution in [0.3, 0.4) is 0 Å². The van der Waals surface area contributed by atoms with Crippen molar-refractivity contribution in [2.24, 2.45) is 28.6 Å². The lowest BCUT2D eigenvalue weighted by molar-refractivity contribution is -0.0919. The quantitative estimate of drug-likeness (QED) is 0.228. The number of aliphatic hydroxyl groups is 2. The molecule has 0 radical (unpaired) electrons. The van der Waals surface area contributed by atoms with E-state index < -0.39 is 27.1 Å². The van der Waals surface area contributed by atoms with E-state index in [1.54, 1.807) is 4.31 Å². The van der Waals surface area contributed by atoms with Crippen LogP contribution in [-0.2, 0) is 16.4 Å². The van der Waals surface area contributed by atoms with Crippen LogP contribution in [0.25, 0.3) is 0 Å². The number of fused-ring (bicyclic) bond motifs is 8. The number of aliphatic hydroxyl groups excluding tert-OH is 1. The van der Waals surface area contributed by atoms with E-state index in [1.807, 2.05) is 25.1 Å². The van der Waals surface area contributed by atoms with Gasteiger partial charge in [0.05, 0.1) is 22.8 Å². The van der Waals surface area contributed by atoms with Gasteiger partial charge in [-0.15, -0.1) is 11.3 Å². The number of thiophene rings is 1. The first-order valence-electron chi connectivity index (χ1n) is 18.4. The molecule has 9 rings (SSSR count). The zero-order valence-electron chi connectivity index (χ0n) is 29.3. The molecule has 1 aromatic carbocycles. The third-order valence-electron chi connectivity index (χ3n) is 13.5. The fourth-order valence-corrected chi connectivity index (χ4v) is 13.1. The van der Waals surface area contributed by atoms with Crippen molar-refractivity contribution < 1.29 is 23.4 Å². The molecule has 2 aromatic rings. The number of rotatable bonds is 7. The lowest BCUT2D eigenvalue weighted by Crippen LogP contribution is -2.57. The van der Waals surface area contributed by atoms with Crippen molar-refractivity contribution in [2.75, 3.05) is 19.3 Å². The molecule has 1 heterocycles. The maximum Gasteiger partial charge on any atom is 0.211 e. The van der Waals surface area contributed by atoms with Crippen molar-refractivity contribution in [1.82, 2.24) is 4.31 Å². The molecule has 5 fully saturated rings. The van der Waals surface area contributed by atoms with E-state index in [0.717, 1.165) is 65.9 Å². The summed E-state index contributed by atoms with van der Waals surface area (Å²) in [5.41, 5.74) is 1.86. The molecule has 7 aliphatic carbocycles. The highest BCUT2D eigenvalue weighted by atomic mass is 32.2. The number of sulfonamides is 1. The standard InChI is InChI=1S/C40H55NO5S2/c1-26-6-5-14-38(3)35(33-11-9-28(19-32(42)10-7-26)20-34(33)37(43)36-12-8-27(2)47-36)13-15-40(38,44)25-41(48(4,45)46)24-39-21-29-16-30(22-39)18-31(17-29)23-39/h6,8-9,11-12,20,29-32,35,42,44H,5,7,10,13-19,21-25H2,1-4H3. The molecule has 4 unspecified atom stereocenters. The van der Waals surface area contributed by atoms with Gasteiger partial charge in [0.15, 0.2) is 0 Å². The Morgan fingerprint density at radius 1 is 0.979 bits per heavy atom. The molecule has 0 amide bonds. The van der Waals surface area contributed by atoms with E-state index in [-0.39, 0.29) is 23.7 Å². The van der Waals surface area contributed by atoms with Crippen molar-refractivity contribution >= 4 is 27.1 Å². The van der Waals surface area contributed by atoms with E-state index in [2.05, 4.69) is 32.1 Å². The third-order valence-corrected chi connectivity index (χ3v) is 15.7. The van der Waals surface area contributed by atoms with E-state index in [4.69, 9.17) is 0 Å². The average molecular weight is 694 g/mol. The highest BCUT2D eigenvalue weighted by Gasteiger charge is 2.59. The van der Waals surface area contributed by atoms with Crippen LogP contribution in [0.2, 0.25) is 0 Å². The highest BCUT2D eigenvalue weighted by Crippen LogP contribution is 2.62. The fourth-order valence-electron chi connectivity index (χ4n) is 11.3. The molecule has 48 heavy (non-hydrogen) atoms. The summed E-state index contributed by atoms with van der Waals surface area (Å²) in [7, 11) is -3.58. The van der Waals surface area contributed by atoms with Crippen LogP contribution >= 0.6 is 11.3 Å². The number of carbonyl (C=O) groups is 1. The van der Waals surface area contributed by atoms with Gasteiger partial charge < -0.3 is 10.2 Å². The predicted octanol–water partition coefficient (Wildman–Crippen LogP) is 7.80. The summed E-state index contributed by atoms with van der Waals surface area (Å²) in [6, 6.07) is 9.99. The zero-order chi connectivity index (χ0) is 34.1. The third kappa shape index (κ3) is 6.54. The first-order chi connectivity index (χ1) is 22.7. The topological polar surface area (TPSA) is 94.9 Å². The molecule has 1 aromatic heterocycles. The lowest BCUT2D eigenvalue weighted by Gasteiger charge is -2.58. The number of nitrogens with zero attached hydrogens (tertiary/aromatic N) is 1. The molecule has 2 N–H and O–H groups in total.